The molecule has 3 rings (SSSR count). The number of imidazole rings is 1. The molecule has 0 bridgehead atoms. The SMILES string of the molecule is CCC1=CN(C(=O)OC(C)(C)C)CC(C)(C)c2nc(C)n(Cc3ccc(OC)cc3)c21. The number of carbonyl (C=O) groups is 1. The van der Waals surface area contributed by atoms with Crippen molar-refractivity contribution in [1.29, 1.82) is 0 Å². The van der Waals surface area contributed by atoms with Crippen molar-refractivity contribution in [2.24, 2.45) is 0 Å². The number of nitrogens with zero attached hydrogens (tertiary/aromatic N) is 3. The molecule has 2 heterocycles. The molecule has 6 nitrogen and oxygen atoms in total. The van der Waals surface area contributed by atoms with Crippen molar-refractivity contribution >= 4 is 11.7 Å². The van der Waals surface area contributed by atoms with E-state index in [-0.39, 0.29) is 11.5 Å². The van der Waals surface area contributed by atoms with Gasteiger partial charge in [0.1, 0.15) is 17.2 Å². The highest BCUT2D eigenvalue weighted by Crippen LogP contribution is 2.37. The highest BCUT2D eigenvalue weighted by atomic mass is 16.6. The predicted molar refractivity (Wildman–Crippen MR) is 123 cm³/mol. The molecule has 0 atom stereocenters. The van der Waals surface area contributed by atoms with Crippen molar-refractivity contribution in [3.63, 3.8) is 0 Å². The van der Waals surface area contributed by atoms with Crippen molar-refractivity contribution < 1.29 is 14.3 Å². The van der Waals surface area contributed by atoms with Crippen LogP contribution in [0.25, 0.3) is 5.57 Å². The van der Waals surface area contributed by atoms with E-state index >= 15 is 0 Å². The quantitative estimate of drug-likeness (QED) is 0.646. The van der Waals surface area contributed by atoms with Gasteiger partial charge in [-0.1, -0.05) is 32.9 Å². The van der Waals surface area contributed by atoms with Gasteiger partial charge in [-0.05, 0) is 57.4 Å². The molecular weight excluding hydrogens is 390 g/mol. The number of fused-ring (bicyclic) bond motifs is 1. The molecule has 0 spiro atoms. The van der Waals surface area contributed by atoms with Gasteiger partial charge >= 0.3 is 6.09 Å². The molecule has 2 aromatic rings. The Kier molecular flexibility index (Phi) is 6.21. The number of methoxy groups -OCH3 is 1. The molecule has 1 aliphatic rings. The van der Waals surface area contributed by atoms with Crippen LogP contribution in [-0.2, 0) is 16.7 Å². The number of allylic oxidation sites excluding steroid dienone is 1. The minimum absolute atomic E-state index is 0.324. The topological polar surface area (TPSA) is 56.6 Å². The van der Waals surface area contributed by atoms with Crippen LogP contribution in [0.4, 0.5) is 4.79 Å². The van der Waals surface area contributed by atoms with Gasteiger partial charge in [0.25, 0.3) is 0 Å². The first-order chi connectivity index (χ1) is 14.4. The van der Waals surface area contributed by atoms with E-state index in [2.05, 4.69) is 37.5 Å². The minimum Gasteiger partial charge on any atom is -0.497 e. The zero-order chi connectivity index (χ0) is 23.0. The molecule has 0 radical (unpaired) electrons. The Morgan fingerprint density at radius 3 is 2.39 bits per heavy atom. The van der Waals surface area contributed by atoms with Crippen LogP contribution in [0, 0.1) is 6.92 Å². The first-order valence-electron chi connectivity index (χ1n) is 10.9. The molecule has 0 fully saturated rings. The van der Waals surface area contributed by atoms with Crippen LogP contribution >= 0.6 is 0 Å². The summed E-state index contributed by atoms with van der Waals surface area (Å²) in [6, 6.07) is 8.11. The molecule has 0 saturated carbocycles. The second-order valence-corrected chi connectivity index (χ2v) is 9.79. The first-order valence-corrected chi connectivity index (χ1v) is 10.9. The summed E-state index contributed by atoms with van der Waals surface area (Å²) in [4.78, 5) is 19.6. The summed E-state index contributed by atoms with van der Waals surface area (Å²) >= 11 is 0. The Labute approximate surface area is 185 Å². The molecule has 1 aliphatic heterocycles. The lowest BCUT2D eigenvalue weighted by atomic mass is 9.87. The summed E-state index contributed by atoms with van der Waals surface area (Å²) in [6.45, 7) is 15.3. The normalized spacial score (nSPS) is 15.7. The second-order valence-electron chi connectivity index (χ2n) is 9.79. The third kappa shape index (κ3) is 4.94. The van der Waals surface area contributed by atoms with Gasteiger partial charge in [0.15, 0.2) is 0 Å². The van der Waals surface area contributed by atoms with E-state index in [9.17, 15) is 4.79 Å². The van der Waals surface area contributed by atoms with Gasteiger partial charge in [-0.25, -0.2) is 9.78 Å². The predicted octanol–water partition coefficient (Wildman–Crippen LogP) is 5.53. The van der Waals surface area contributed by atoms with E-state index in [0.717, 1.165) is 35.0 Å². The third-order valence-electron chi connectivity index (χ3n) is 5.49. The summed E-state index contributed by atoms with van der Waals surface area (Å²) in [5.74, 6) is 1.81. The second kappa shape index (κ2) is 8.40. The Balaban J connectivity index is 2.05. The maximum atomic E-state index is 12.9. The van der Waals surface area contributed by atoms with Crippen LogP contribution in [0.2, 0.25) is 0 Å². The van der Waals surface area contributed by atoms with E-state index < -0.39 is 5.60 Å². The zero-order valence-electron chi connectivity index (χ0n) is 20.1. The molecule has 1 aromatic heterocycles. The monoisotopic (exact) mass is 425 g/mol. The first kappa shape index (κ1) is 22.9. The largest absolute Gasteiger partial charge is 0.497 e. The van der Waals surface area contributed by atoms with Crippen LogP contribution < -0.4 is 4.74 Å². The van der Waals surface area contributed by atoms with Crippen LogP contribution in [-0.4, -0.2) is 39.8 Å². The Hall–Kier alpha value is -2.76. The minimum atomic E-state index is -0.543. The lowest BCUT2D eigenvalue weighted by Gasteiger charge is -2.30. The molecule has 0 aliphatic carbocycles. The maximum Gasteiger partial charge on any atom is 0.414 e. The van der Waals surface area contributed by atoms with Crippen LogP contribution in [0.3, 0.4) is 0 Å². The van der Waals surface area contributed by atoms with Gasteiger partial charge in [-0.15, -0.1) is 0 Å². The fraction of sp³-hybridized carbons (Fsp3) is 0.520. The molecule has 0 N–H and O–H groups in total. The molecular formula is C25H35N3O3. The number of ether oxygens (including phenoxy) is 2. The van der Waals surface area contributed by atoms with E-state index in [4.69, 9.17) is 14.5 Å². The van der Waals surface area contributed by atoms with Gasteiger partial charge in [0.05, 0.1) is 18.5 Å². The summed E-state index contributed by atoms with van der Waals surface area (Å²) in [7, 11) is 1.67. The van der Waals surface area contributed by atoms with Gasteiger partial charge < -0.3 is 14.0 Å². The zero-order valence-corrected chi connectivity index (χ0v) is 20.1. The number of aryl methyl sites for hydroxylation is 1. The van der Waals surface area contributed by atoms with Crippen molar-refractivity contribution in [2.75, 3.05) is 13.7 Å². The van der Waals surface area contributed by atoms with E-state index in [1.54, 1.807) is 12.0 Å². The molecule has 1 aromatic carbocycles. The van der Waals surface area contributed by atoms with Crippen molar-refractivity contribution in [2.45, 2.75) is 72.4 Å². The number of amides is 1. The number of aromatic nitrogens is 2. The smallest absolute Gasteiger partial charge is 0.414 e. The van der Waals surface area contributed by atoms with Crippen molar-refractivity contribution in [1.82, 2.24) is 14.5 Å². The fourth-order valence-corrected chi connectivity index (χ4v) is 3.96. The molecule has 6 heteroatoms. The molecule has 31 heavy (non-hydrogen) atoms. The highest BCUT2D eigenvalue weighted by molar-refractivity contribution is 5.75. The Bertz CT molecular complexity index is 979. The van der Waals surface area contributed by atoms with E-state index in [1.165, 1.54) is 5.56 Å². The number of benzene rings is 1. The van der Waals surface area contributed by atoms with Gasteiger partial charge in [-0.2, -0.15) is 0 Å². The number of rotatable bonds is 4. The molecule has 168 valence electrons. The van der Waals surface area contributed by atoms with Crippen molar-refractivity contribution in [3.05, 3.63) is 53.2 Å². The van der Waals surface area contributed by atoms with Crippen molar-refractivity contribution in [3.8, 4) is 5.75 Å². The van der Waals surface area contributed by atoms with E-state index in [1.807, 2.05) is 46.0 Å². The Morgan fingerprint density at radius 2 is 1.84 bits per heavy atom. The lowest BCUT2D eigenvalue weighted by Crippen LogP contribution is -2.40. The number of carbonyl (C=O) groups excluding carboxylic acids is 1. The van der Waals surface area contributed by atoms with Crippen LogP contribution in [0.5, 0.6) is 5.75 Å². The number of hydrogen-bond donors (Lipinski definition) is 0. The number of hydrogen-bond acceptors (Lipinski definition) is 4. The third-order valence-corrected chi connectivity index (χ3v) is 5.49. The molecule has 0 saturated heterocycles. The molecule has 0 unspecified atom stereocenters. The van der Waals surface area contributed by atoms with Gasteiger partial charge in [0, 0.05) is 24.7 Å². The summed E-state index contributed by atoms with van der Waals surface area (Å²) < 4.78 is 13.2. The summed E-state index contributed by atoms with van der Waals surface area (Å²) in [5.41, 5.74) is 3.52. The van der Waals surface area contributed by atoms with Crippen LogP contribution in [0.1, 0.15) is 70.7 Å². The fourth-order valence-electron chi connectivity index (χ4n) is 3.96. The van der Waals surface area contributed by atoms with E-state index in [0.29, 0.717) is 13.1 Å². The maximum absolute atomic E-state index is 12.9. The average Bonchev–Trinajstić information content (AvgIpc) is 2.95. The average molecular weight is 426 g/mol. The Morgan fingerprint density at radius 1 is 1.19 bits per heavy atom. The highest BCUT2D eigenvalue weighted by Gasteiger charge is 2.37. The summed E-state index contributed by atoms with van der Waals surface area (Å²) in [6.07, 6.45) is 2.42. The summed E-state index contributed by atoms with van der Waals surface area (Å²) in [5, 5.41) is 0. The van der Waals surface area contributed by atoms with Gasteiger partial charge in [0.2, 0.25) is 0 Å². The standard InChI is InChI=1S/C25H35N3O3/c1-9-19-15-27(23(29)31-24(3,4)5)16-25(6,7)22-21(19)28(17(2)26-22)14-18-10-12-20(30-8)13-11-18/h10-13,15H,9,14,16H2,1-8H3. The van der Waals surface area contributed by atoms with Crippen LogP contribution in [0.15, 0.2) is 30.5 Å². The molecule has 1 amide bonds. The lowest BCUT2D eigenvalue weighted by molar-refractivity contribution is 0.0309. The van der Waals surface area contributed by atoms with Gasteiger partial charge in [-0.3, -0.25) is 4.90 Å².